The van der Waals surface area contributed by atoms with Crippen molar-refractivity contribution >= 4 is 5.91 Å². The van der Waals surface area contributed by atoms with Crippen molar-refractivity contribution in [1.29, 1.82) is 0 Å². The van der Waals surface area contributed by atoms with Crippen LogP contribution in [0.3, 0.4) is 0 Å². The predicted octanol–water partition coefficient (Wildman–Crippen LogP) is 1.61. The zero-order valence-corrected chi connectivity index (χ0v) is 9.62. The first-order valence-corrected chi connectivity index (χ1v) is 5.26. The van der Waals surface area contributed by atoms with E-state index in [1.165, 1.54) is 0 Å². The van der Waals surface area contributed by atoms with Gasteiger partial charge in [-0.25, -0.2) is 0 Å². The van der Waals surface area contributed by atoms with Gasteiger partial charge in [0.1, 0.15) is 11.5 Å². The Labute approximate surface area is 95.2 Å². The second kappa shape index (κ2) is 6.00. The third-order valence-electron chi connectivity index (χ3n) is 2.13. The van der Waals surface area contributed by atoms with E-state index in [1.54, 1.807) is 19.2 Å². The topological polar surface area (TPSA) is 58.6 Å². The molecule has 0 saturated carbocycles. The molecule has 1 aromatic carbocycles. The smallest absolute Gasteiger partial charge is 0.219 e. The Morgan fingerprint density at radius 3 is 2.81 bits per heavy atom. The Morgan fingerprint density at radius 2 is 2.19 bits per heavy atom. The summed E-state index contributed by atoms with van der Waals surface area (Å²) in [7, 11) is 1.61. The van der Waals surface area contributed by atoms with Crippen LogP contribution in [-0.4, -0.2) is 24.7 Å². The Bertz CT molecular complexity index is 343. The number of amides is 1. The molecular formula is C12H17NO3. The van der Waals surface area contributed by atoms with Gasteiger partial charge in [-0.1, -0.05) is 0 Å². The minimum absolute atomic E-state index is 0.00990. The number of ether oxygens (including phenoxy) is 1. The summed E-state index contributed by atoms with van der Waals surface area (Å²) < 4.78 is 5.42. The van der Waals surface area contributed by atoms with Gasteiger partial charge in [0, 0.05) is 19.5 Å². The molecule has 16 heavy (non-hydrogen) atoms. The van der Waals surface area contributed by atoms with Gasteiger partial charge in [-0.2, -0.15) is 0 Å². The summed E-state index contributed by atoms with van der Waals surface area (Å²) in [5.74, 6) is 0.839. The van der Waals surface area contributed by atoms with Gasteiger partial charge in [-0.3, -0.25) is 4.79 Å². The Kier molecular flexibility index (Phi) is 4.64. The molecule has 0 radical (unpaired) electrons. The third kappa shape index (κ3) is 4.21. The summed E-state index contributed by atoms with van der Waals surface area (Å²) in [6, 6.07) is 5.07. The number of nitrogens with one attached hydrogen (secondary N) is 1. The number of phenols is 1. The molecular weight excluding hydrogens is 206 g/mol. The molecule has 2 N–H and O–H groups in total. The quantitative estimate of drug-likeness (QED) is 0.745. The first kappa shape index (κ1) is 12.4. The Balaban J connectivity index is 2.34. The third-order valence-corrected chi connectivity index (χ3v) is 2.13. The van der Waals surface area contributed by atoms with Crippen molar-refractivity contribution in [3.8, 4) is 11.5 Å². The van der Waals surface area contributed by atoms with Crippen LogP contribution in [0.15, 0.2) is 18.2 Å². The zero-order valence-electron chi connectivity index (χ0n) is 9.62. The molecule has 1 aromatic rings. The second-order valence-corrected chi connectivity index (χ2v) is 3.63. The lowest BCUT2D eigenvalue weighted by Gasteiger charge is -2.07. The van der Waals surface area contributed by atoms with Gasteiger partial charge in [-0.15, -0.1) is 0 Å². The van der Waals surface area contributed by atoms with E-state index in [4.69, 9.17) is 4.74 Å². The zero-order chi connectivity index (χ0) is 12.0. The van der Waals surface area contributed by atoms with E-state index in [-0.39, 0.29) is 11.7 Å². The van der Waals surface area contributed by atoms with Crippen LogP contribution >= 0.6 is 0 Å². The largest absolute Gasteiger partial charge is 0.508 e. The van der Waals surface area contributed by atoms with E-state index in [0.29, 0.717) is 25.2 Å². The van der Waals surface area contributed by atoms with Crippen molar-refractivity contribution in [2.24, 2.45) is 0 Å². The summed E-state index contributed by atoms with van der Waals surface area (Å²) in [5.41, 5.74) is 0.946. The van der Waals surface area contributed by atoms with Gasteiger partial charge >= 0.3 is 0 Å². The normalized spacial score (nSPS) is 9.88. The predicted molar refractivity (Wildman–Crippen MR) is 61.6 cm³/mol. The first-order chi connectivity index (χ1) is 7.61. The fourth-order valence-electron chi connectivity index (χ4n) is 1.36. The van der Waals surface area contributed by atoms with Crippen LogP contribution in [0.2, 0.25) is 0 Å². The molecule has 4 nitrogen and oxygen atoms in total. The highest BCUT2D eigenvalue weighted by atomic mass is 16.5. The van der Waals surface area contributed by atoms with Gasteiger partial charge in [-0.05, 0) is 31.0 Å². The summed E-state index contributed by atoms with van der Waals surface area (Å²) in [6.07, 6.45) is 1.11. The fourth-order valence-corrected chi connectivity index (χ4v) is 1.36. The van der Waals surface area contributed by atoms with Crippen molar-refractivity contribution in [3.63, 3.8) is 0 Å². The van der Waals surface area contributed by atoms with E-state index in [9.17, 15) is 9.90 Å². The standard InChI is InChI=1S/C12H17NO3/c1-9-6-10(14)8-11(7-9)16-5-3-4-12(15)13-2/h6-8,14H,3-5H2,1-2H3,(H,13,15). The number of carbonyl (C=O) groups excluding carboxylic acids is 1. The molecule has 4 heteroatoms. The molecule has 88 valence electrons. The lowest BCUT2D eigenvalue weighted by molar-refractivity contribution is -0.120. The van der Waals surface area contributed by atoms with Crippen LogP contribution in [0.1, 0.15) is 18.4 Å². The van der Waals surface area contributed by atoms with Gasteiger partial charge in [0.05, 0.1) is 6.61 Å². The van der Waals surface area contributed by atoms with Crippen LogP contribution in [0, 0.1) is 6.92 Å². The summed E-state index contributed by atoms with van der Waals surface area (Å²) in [6.45, 7) is 2.35. The number of phenolic OH excluding ortho intramolecular Hbond substituents is 1. The van der Waals surface area contributed by atoms with Crippen LogP contribution in [0.5, 0.6) is 11.5 Å². The molecule has 1 amide bonds. The van der Waals surface area contributed by atoms with Crippen molar-refractivity contribution in [3.05, 3.63) is 23.8 Å². The summed E-state index contributed by atoms with van der Waals surface area (Å²) >= 11 is 0. The van der Waals surface area contributed by atoms with Crippen LogP contribution < -0.4 is 10.1 Å². The number of rotatable bonds is 5. The number of carbonyl (C=O) groups is 1. The number of aryl methyl sites for hydroxylation is 1. The minimum Gasteiger partial charge on any atom is -0.508 e. The molecule has 1 rings (SSSR count). The van der Waals surface area contributed by atoms with Gasteiger partial charge in [0.15, 0.2) is 0 Å². The Morgan fingerprint density at radius 1 is 1.44 bits per heavy atom. The molecule has 0 aliphatic carbocycles. The highest BCUT2D eigenvalue weighted by Crippen LogP contribution is 2.21. The maximum Gasteiger partial charge on any atom is 0.219 e. The van der Waals surface area contributed by atoms with Crippen LogP contribution in [0.4, 0.5) is 0 Å². The highest BCUT2D eigenvalue weighted by Gasteiger charge is 2.00. The second-order valence-electron chi connectivity index (χ2n) is 3.63. The lowest BCUT2D eigenvalue weighted by Crippen LogP contribution is -2.18. The number of aromatic hydroxyl groups is 1. The van der Waals surface area contributed by atoms with Gasteiger partial charge in [0.2, 0.25) is 5.91 Å². The van der Waals surface area contributed by atoms with E-state index in [2.05, 4.69) is 5.32 Å². The van der Waals surface area contributed by atoms with Crippen molar-refractivity contribution in [1.82, 2.24) is 5.32 Å². The molecule has 0 fully saturated rings. The maximum absolute atomic E-state index is 10.9. The van der Waals surface area contributed by atoms with Crippen LogP contribution in [0.25, 0.3) is 0 Å². The average Bonchev–Trinajstić information content (AvgIpc) is 2.22. The molecule has 0 bridgehead atoms. The highest BCUT2D eigenvalue weighted by molar-refractivity contribution is 5.75. The van der Waals surface area contributed by atoms with E-state index in [0.717, 1.165) is 5.56 Å². The molecule has 0 unspecified atom stereocenters. The van der Waals surface area contributed by atoms with Crippen molar-refractivity contribution in [2.45, 2.75) is 19.8 Å². The summed E-state index contributed by atoms with van der Waals surface area (Å²) in [4.78, 5) is 10.9. The SMILES string of the molecule is CNC(=O)CCCOc1cc(C)cc(O)c1. The van der Waals surface area contributed by atoms with Gasteiger partial charge in [0.25, 0.3) is 0 Å². The van der Waals surface area contributed by atoms with E-state index in [1.807, 2.05) is 13.0 Å². The van der Waals surface area contributed by atoms with Crippen molar-refractivity contribution < 1.29 is 14.6 Å². The molecule has 0 saturated heterocycles. The molecule has 0 atom stereocenters. The lowest BCUT2D eigenvalue weighted by atomic mass is 10.2. The maximum atomic E-state index is 10.9. The first-order valence-electron chi connectivity index (χ1n) is 5.26. The molecule has 0 aliphatic rings. The van der Waals surface area contributed by atoms with Crippen LogP contribution in [-0.2, 0) is 4.79 Å². The van der Waals surface area contributed by atoms with Crippen molar-refractivity contribution in [2.75, 3.05) is 13.7 Å². The Hall–Kier alpha value is -1.71. The number of benzene rings is 1. The van der Waals surface area contributed by atoms with E-state index < -0.39 is 0 Å². The molecule has 0 spiro atoms. The average molecular weight is 223 g/mol. The number of hydrogen-bond donors (Lipinski definition) is 2. The summed E-state index contributed by atoms with van der Waals surface area (Å²) in [5, 5.41) is 11.9. The molecule has 0 aromatic heterocycles. The fraction of sp³-hybridized carbons (Fsp3) is 0.417. The monoisotopic (exact) mass is 223 g/mol. The minimum atomic E-state index is 0.00990. The number of hydrogen-bond acceptors (Lipinski definition) is 3. The van der Waals surface area contributed by atoms with E-state index >= 15 is 0 Å². The molecule has 0 heterocycles. The molecule has 0 aliphatic heterocycles. The van der Waals surface area contributed by atoms with Gasteiger partial charge < -0.3 is 15.2 Å².